The molecule has 244 valence electrons. The molecule has 6 aromatic carbocycles. The molecule has 5 nitrogen and oxygen atoms in total. The van der Waals surface area contributed by atoms with Crippen molar-refractivity contribution in [3.8, 4) is 16.9 Å². The van der Waals surface area contributed by atoms with Gasteiger partial charge in [0.25, 0.3) is 5.91 Å². The van der Waals surface area contributed by atoms with E-state index in [9.17, 15) is 4.79 Å². The van der Waals surface area contributed by atoms with Gasteiger partial charge in [0.15, 0.2) is 5.66 Å². The molecule has 1 unspecified atom stereocenters. The number of methoxy groups -OCH3 is 1. The van der Waals surface area contributed by atoms with E-state index in [0.29, 0.717) is 5.56 Å². The molecule has 51 heavy (non-hydrogen) atoms. The number of nitrogens with zero attached hydrogens (tertiary/aromatic N) is 1. The lowest BCUT2D eigenvalue weighted by atomic mass is 9.83. The van der Waals surface area contributed by atoms with Crippen LogP contribution in [0.5, 0.6) is 5.75 Å². The van der Waals surface area contributed by atoms with Gasteiger partial charge in [0, 0.05) is 61.8 Å². The summed E-state index contributed by atoms with van der Waals surface area (Å²) in [6.07, 6.45) is 2.25. The van der Waals surface area contributed by atoms with Crippen LogP contribution in [-0.4, -0.2) is 22.6 Å². The summed E-state index contributed by atoms with van der Waals surface area (Å²) in [4.78, 5) is 17.8. The first-order valence-electron chi connectivity index (χ1n) is 17.3. The van der Waals surface area contributed by atoms with E-state index >= 15 is 0 Å². The lowest BCUT2D eigenvalue weighted by molar-refractivity contribution is 0.0937. The molecule has 8 aromatic rings. The van der Waals surface area contributed by atoms with Crippen LogP contribution in [0, 0.1) is 0 Å². The Morgan fingerprint density at radius 3 is 2.04 bits per heavy atom. The number of benzene rings is 6. The molecule has 2 aliphatic rings. The quantitative estimate of drug-likeness (QED) is 0.187. The monoisotopic (exact) mass is 659 g/mol. The van der Waals surface area contributed by atoms with Gasteiger partial charge < -0.3 is 19.6 Å². The third kappa shape index (κ3) is 4.25. The normalized spacial score (nSPS) is 16.1. The molecular weight excluding hydrogens is 627 g/mol. The summed E-state index contributed by atoms with van der Waals surface area (Å²) >= 11 is 0. The summed E-state index contributed by atoms with van der Waals surface area (Å²) in [5.74, 6) is 0.584. The highest BCUT2D eigenvalue weighted by Gasteiger charge is 2.50. The first kappa shape index (κ1) is 29.3. The van der Waals surface area contributed by atoms with E-state index in [1.165, 1.54) is 11.1 Å². The summed E-state index contributed by atoms with van der Waals surface area (Å²) in [5, 5.41) is 5.68. The van der Waals surface area contributed by atoms with Gasteiger partial charge in [-0.3, -0.25) is 4.79 Å². The Morgan fingerprint density at radius 2 is 1.31 bits per heavy atom. The molecule has 4 heterocycles. The molecule has 0 radical (unpaired) electrons. The van der Waals surface area contributed by atoms with E-state index in [1.54, 1.807) is 7.11 Å². The Morgan fingerprint density at radius 1 is 0.667 bits per heavy atom. The highest BCUT2D eigenvalue weighted by molar-refractivity contribution is 6.14. The number of H-pyrrole nitrogens is 1. The summed E-state index contributed by atoms with van der Waals surface area (Å²) in [6.45, 7) is 0. The lowest BCUT2D eigenvalue weighted by Gasteiger charge is -2.28. The maximum absolute atomic E-state index is 13.8. The smallest absolute Gasteiger partial charge is 0.254 e. The van der Waals surface area contributed by atoms with Crippen LogP contribution in [0.4, 0.5) is 0 Å². The second-order valence-electron chi connectivity index (χ2n) is 13.3. The molecule has 0 fully saturated rings. The number of nitrogens with one attached hydrogen (secondary N) is 2. The predicted octanol–water partition coefficient (Wildman–Crippen LogP) is 9.87. The highest BCUT2D eigenvalue weighted by atomic mass is 16.5. The van der Waals surface area contributed by atoms with Gasteiger partial charge >= 0.3 is 0 Å². The molecule has 2 N–H and O–H groups in total. The number of hydrogen-bond donors (Lipinski definition) is 2. The third-order valence-corrected chi connectivity index (χ3v) is 10.6. The van der Waals surface area contributed by atoms with E-state index in [4.69, 9.17) is 4.74 Å². The Kier molecular flexibility index (Phi) is 6.46. The molecule has 1 atom stereocenters. The van der Waals surface area contributed by atoms with E-state index in [0.717, 1.165) is 66.8 Å². The van der Waals surface area contributed by atoms with Crippen molar-refractivity contribution in [2.75, 3.05) is 7.11 Å². The third-order valence-electron chi connectivity index (χ3n) is 10.6. The molecule has 0 bridgehead atoms. The molecule has 2 aromatic heterocycles. The maximum atomic E-state index is 13.8. The van der Waals surface area contributed by atoms with Crippen LogP contribution in [0.3, 0.4) is 0 Å². The first-order valence-corrected chi connectivity index (χ1v) is 17.3. The van der Waals surface area contributed by atoms with Gasteiger partial charge in [0.2, 0.25) is 0 Å². The van der Waals surface area contributed by atoms with Gasteiger partial charge in [-0.15, -0.1) is 0 Å². The zero-order valence-electron chi connectivity index (χ0n) is 27.9. The molecule has 2 aliphatic heterocycles. The number of rotatable bonds is 6. The lowest BCUT2D eigenvalue weighted by Crippen LogP contribution is -2.42. The average Bonchev–Trinajstić information content (AvgIpc) is 3.91. The molecule has 0 aliphatic carbocycles. The molecule has 5 heteroatoms. The van der Waals surface area contributed by atoms with E-state index < -0.39 is 5.66 Å². The number of carbonyl (C=O) groups excluding carboxylic acids is 1. The first-order chi connectivity index (χ1) is 25.2. The minimum absolute atomic E-state index is 0.0786. The van der Waals surface area contributed by atoms with Crippen molar-refractivity contribution in [2.45, 2.75) is 11.6 Å². The number of amides is 1. The molecule has 0 saturated carbocycles. The van der Waals surface area contributed by atoms with Crippen LogP contribution < -0.4 is 10.1 Å². The fourth-order valence-corrected chi connectivity index (χ4v) is 8.53. The second-order valence-corrected chi connectivity index (χ2v) is 13.3. The Labute approximate surface area is 295 Å². The number of fused-ring (bicyclic) bond motifs is 7. The molecule has 1 spiro atoms. The fraction of sp³-hybridized carbons (Fsp3) is 0.0652. The van der Waals surface area contributed by atoms with Crippen LogP contribution in [0.2, 0.25) is 0 Å². The summed E-state index contributed by atoms with van der Waals surface area (Å²) < 4.78 is 8.20. The Hall–Kier alpha value is -6.59. The van der Waals surface area contributed by atoms with Crippen LogP contribution in [0.25, 0.3) is 38.5 Å². The van der Waals surface area contributed by atoms with Crippen molar-refractivity contribution in [1.29, 1.82) is 0 Å². The molecule has 0 saturated heterocycles. The topological polar surface area (TPSA) is 59.0 Å². The van der Waals surface area contributed by atoms with E-state index in [2.05, 4.69) is 148 Å². The van der Waals surface area contributed by atoms with Crippen molar-refractivity contribution >= 4 is 33.3 Å². The van der Waals surface area contributed by atoms with Gasteiger partial charge in [-0.2, -0.15) is 0 Å². The van der Waals surface area contributed by atoms with Gasteiger partial charge in [-0.05, 0) is 47.0 Å². The standard InChI is InChI=1S/C46H33N3O2/c1-51-32-25-26-35-39(27-32)49-44(36(29-15-5-2-6-16-29)28-46(49)37-23-13-11-21-33(37)45(50)48-46)42(35)41-34-22-12-14-24-38(34)47-43(41)40(30-17-7-3-8-18-30)31-19-9-4-10-20-31/h2-28,40,47H,1H3,(H,48,50). The minimum atomic E-state index is -0.943. The second kappa shape index (κ2) is 11.2. The molecule has 1 amide bonds. The highest BCUT2D eigenvalue weighted by Crippen LogP contribution is 2.55. The largest absolute Gasteiger partial charge is 0.497 e. The van der Waals surface area contributed by atoms with Gasteiger partial charge in [0.1, 0.15) is 5.75 Å². The Balaban J connectivity index is 1.38. The molecular formula is C46H33N3O2. The van der Waals surface area contributed by atoms with Crippen molar-refractivity contribution in [1.82, 2.24) is 14.9 Å². The van der Waals surface area contributed by atoms with Gasteiger partial charge in [-0.1, -0.05) is 127 Å². The zero-order chi connectivity index (χ0) is 34.1. The number of carbonyl (C=O) groups is 1. The number of aromatic nitrogens is 2. The summed E-state index contributed by atoms with van der Waals surface area (Å²) in [7, 11) is 1.70. The van der Waals surface area contributed by atoms with Crippen LogP contribution >= 0.6 is 0 Å². The van der Waals surface area contributed by atoms with Crippen LogP contribution in [0.1, 0.15) is 49.9 Å². The number of aromatic amines is 1. The van der Waals surface area contributed by atoms with Gasteiger partial charge in [0.05, 0.1) is 18.3 Å². The van der Waals surface area contributed by atoms with Crippen molar-refractivity contribution in [3.05, 3.63) is 203 Å². The number of ether oxygens (including phenoxy) is 1. The van der Waals surface area contributed by atoms with Crippen LogP contribution in [-0.2, 0) is 5.66 Å². The minimum Gasteiger partial charge on any atom is -0.497 e. The average molecular weight is 660 g/mol. The maximum Gasteiger partial charge on any atom is 0.254 e. The van der Waals surface area contributed by atoms with Crippen molar-refractivity contribution < 1.29 is 9.53 Å². The van der Waals surface area contributed by atoms with Crippen LogP contribution in [0.15, 0.2) is 164 Å². The summed E-state index contributed by atoms with van der Waals surface area (Å²) in [5.41, 5.74) is 11.7. The fourth-order valence-electron chi connectivity index (χ4n) is 8.53. The molecule has 10 rings (SSSR count). The number of para-hydroxylation sites is 1. The van der Waals surface area contributed by atoms with E-state index in [1.807, 2.05) is 30.3 Å². The predicted molar refractivity (Wildman–Crippen MR) is 204 cm³/mol. The van der Waals surface area contributed by atoms with Crippen molar-refractivity contribution in [2.24, 2.45) is 0 Å². The summed E-state index contributed by atoms with van der Waals surface area (Å²) in [6, 6.07) is 54.9. The SMILES string of the molecule is COc1ccc2c(-c3c(C(c4ccccc4)c4ccccc4)[nH]c4ccccc34)c3n(c2c1)C1(C=C3c2ccccc2)NC(=O)c2ccccc21. The van der Waals surface area contributed by atoms with Crippen molar-refractivity contribution in [3.63, 3.8) is 0 Å². The van der Waals surface area contributed by atoms with Gasteiger partial charge in [-0.25, -0.2) is 0 Å². The number of hydrogen-bond acceptors (Lipinski definition) is 2. The van der Waals surface area contributed by atoms with E-state index in [-0.39, 0.29) is 11.8 Å². The Bertz CT molecular complexity index is 2630. The zero-order valence-corrected chi connectivity index (χ0v) is 27.9.